The maximum absolute atomic E-state index is 13.1. The van der Waals surface area contributed by atoms with E-state index >= 15 is 0 Å². The van der Waals surface area contributed by atoms with Crippen molar-refractivity contribution < 1.29 is 19.5 Å². The molecule has 3 N–H and O–H groups in total. The molecule has 1 aliphatic rings. The van der Waals surface area contributed by atoms with Gasteiger partial charge in [0.15, 0.2) is 5.78 Å². The maximum atomic E-state index is 13.1. The number of fused-ring (bicyclic) bond motifs is 1. The van der Waals surface area contributed by atoms with Gasteiger partial charge < -0.3 is 15.7 Å². The number of carboxylic acid groups (broad SMARTS) is 1. The summed E-state index contributed by atoms with van der Waals surface area (Å²) in [6.45, 7) is 1.87. The number of amides is 2. The maximum Gasteiger partial charge on any atom is 0.323 e. The van der Waals surface area contributed by atoms with E-state index in [1.54, 1.807) is 48.7 Å². The van der Waals surface area contributed by atoms with Crippen molar-refractivity contribution in [2.24, 2.45) is 5.41 Å². The molecule has 1 heterocycles. The van der Waals surface area contributed by atoms with Crippen molar-refractivity contribution in [3.05, 3.63) is 76.9 Å². The van der Waals surface area contributed by atoms with Crippen LogP contribution in [0, 0.1) is 5.41 Å². The summed E-state index contributed by atoms with van der Waals surface area (Å²) in [6.07, 6.45) is 3.07. The van der Waals surface area contributed by atoms with Crippen LogP contribution >= 0.6 is 11.6 Å². The van der Waals surface area contributed by atoms with Crippen LogP contribution in [0.25, 0.3) is 11.3 Å². The second-order valence-electron chi connectivity index (χ2n) is 8.43. The molecule has 0 aliphatic heterocycles. The number of halogens is 1. The standard InChI is InChI=1S/C26H24ClN3O4/c1-2-26(14-23(31)32)11-10-16-12-17(6-8-21(16)24(26)33)22-9-7-20(15-28-22)30-25(34)29-19-5-3-4-18(27)13-19/h3-9,12-13,15H,2,10-11,14H2,1H3,(H,31,32)(H2,29,30,34)/t26-/m1/s1. The van der Waals surface area contributed by atoms with Gasteiger partial charge in [-0.1, -0.05) is 36.7 Å². The lowest BCUT2D eigenvalue weighted by Gasteiger charge is -2.34. The minimum Gasteiger partial charge on any atom is -0.481 e. The summed E-state index contributed by atoms with van der Waals surface area (Å²) in [6, 6.07) is 15.5. The highest BCUT2D eigenvalue weighted by molar-refractivity contribution is 6.30. The first-order chi connectivity index (χ1) is 16.3. The minimum absolute atomic E-state index is 0.0941. The highest BCUT2D eigenvalue weighted by Crippen LogP contribution is 2.42. The molecule has 0 radical (unpaired) electrons. The van der Waals surface area contributed by atoms with Crippen molar-refractivity contribution >= 4 is 40.8 Å². The zero-order valence-corrected chi connectivity index (χ0v) is 19.4. The molecule has 34 heavy (non-hydrogen) atoms. The number of Topliss-reactive ketones (excluding diaryl/α,β-unsaturated/α-hetero) is 1. The normalized spacial score (nSPS) is 17.1. The molecule has 8 heteroatoms. The molecule has 3 aromatic rings. The monoisotopic (exact) mass is 477 g/mol. The second kappa shape index (κ2) is 9.65. The van der Waals surface area contributed by atoms with Crippen LogP contribution in [-0.4, -0.2) is 27.9 Å². The lowest BCUT2D eigenvalue weighted by Crippen LogP contribution is -2.37. The predicted octanol–water partition coefficient (Wildman–Crippen LogP) is 6.05. The molecular weight excluding hydrogens is 454 g/mol. The first kappa shape index (κ1) is 23.4. The third kappa shape index (κ3) is 4.94. The third-order valence-electron chi connectivity index (χ3n) is 6.27. The van der Waals surface area contributed by atoms with Gasteiger partial charge >= 0.3 is 12.0 Å². The number of carbonyl (C=O) groups excluding carboxylic acids is 2. The number of carbonyl (C=O) groups is 3. The Morgan fingerprint density at radius 2 is 1.88 bits per heavy atom. The number of benzene rings is 2. The van der Waals surface area contributed by atoms with E-state index in [1.165, 1.54) is 0 Å². The van der Waals surface area contributed by atoms with Gasteiger partial charge in [-0.3, -0.25) is 14.6 Å². The van der Waals surface area contributed by atoms with Crippen molar-refractivity contribution in [3.8, 4) is 11.3 Å². The van der Waals surface area contributed by atoms with Crippen LogP contribution in [0.1, 0.15) is 42.1 Å². The molecule has 2 aromatic carbocycles. The Hall–Kier alpha value is -3.71. The number of aromatic nitrogens is 1. The molecule has 0 bridgehead atoms. The lowest BCUT2D eigenvalue weighted by molar-refractivity contribution is -0.139. The number of urea groups is 1. The summed E-state index contributed by atoms with van der Waals surface area (Å²) in [7, 11) is 0. The number of pyridine rings is 1. The van der Waals surface area contributed by atoms with Gasteiger partial charge in [0.1, 0.15) is 0 Å². The van der Waals surface area contributed by atoms with Crippen molar-refractivity contribution in [2.45, 2.75) is 32.6 Å². The molecule has 1 atom stereocenters. The van der Waals surface area contributed by atoms with Gasteiger partial charge in [0.25, 0.3) is 0 Å². The third-order valence-corrected chi connectivity index (χ3v) is 6.51. The van der Waals surface area contributed by atoms with Crippen LogP contribution in [0.2, 0.25) is 5.02 Å². The fraction of sp³-hybridized carbons (Fsp3) is 0.231. The SMILES string of the molecule is CC[C@]1(CC(=O)O)CCc2cc(-c3ccc(NC(=O)Nc4cccc(Cl)c4)cn3)ccc2C1=O. The molecule has 1 aliphatic carbocycles. The van der Waals surface area contributed by atoms with Crippen molar-refractivity contribution in [2.75, 3.05) is 10.6 Å². The van der Waals surface area contributed by atoms with Gasteiger partial charge in [-0.2, -0.15) is 0 Å². The molecule has 7 nitrogen and oxygen atoms in total. The van der Waals surface area contributed by atoms with E-state index in [2.05, 4.69) is 15.6 Å². The fourth-order valence-electron chi connectivity index (χ4n) is 4.37. The van der Waals surface area contributed by atoms with E-state index < -0.39 is 17.4 Å². The van der Waals surface area contributed by atoms with Crippen molar-refractivity contribution in [3.63, 3.8) is 0 Å². The second-order valence-corrected chi connectivity index (χ2v) is 8.86. The number of rotatable bonds is 6. The number of nitrogens with one attached hydrogen (secondary N) is 2. The summed E-state index contributed by atoms with van der Waals surface area (Å²) in [5.74, 6) is -1.04. The highest BCUT2D eigenvalue weighted by Gasteiger charge is 2.42. The lowest BCUT2D eigenvalue weighted by atomic mass is 9.67. The number of ketones is 1. The molecule has 4 rings (SSSR count). The zero-order valence-electron chi connectivity index (χ0n) is 18.6. The average Bonchev–Trinajstić information content (AvgIpc) is 2.81. The fourth-order valence-corrected chi connectivity index (χ4v) is 4.56. The molecule has 0 saturated heterocycles. The minimum atomic E-state index is -0.950. The molecule has 0 unspecified atom stereocenters. The van der Waals surface area contributed by atoms with E-state index in [0.717, 1.165) is 11.1 Å². The summed E-state index contributed by atoms with van der Waals surface area (Å²) in [5, 5.41) is 15.2. The Kier molecular flexibility index (Phi) is 6.65. The number of anilines is 2. The molecule has 0 fully saturated rings. The van der Waals surface area contributed by atoms with Gasteiger partial charge in [-0.25, -0.2) is 4.79 Å². The first-order valence-corrected chi connectivity index (χ1v) is 11.4. The molecule has 0 saturated carbocycles. The van der Waals surface area contributed by atoms with Gasteiger partial charge in [0.2, 0.25) is 0 Å². The Morgan fingerprint density at radius 1 is 1.09 bits per heavy atom. The number of aryl methyl sites for hydroxylation is 1. The van der Waals surface area contributed by atoms with Crippen LogP contribution in [0.3, 0.4) is 0 Å². The molecule has 174 valence electrons. The Morgan fingerprint density at radius 3 is 2.56 bits per heavy atom. The Labute approximate surface area is 202 Å². The molecule has 2 amide bonds. The number of carboxylic acids is 1. The highest BCUT2D eigenvalue weighted by atomic mass is 35.5. The molecule has 0 spiro atoms. The largest absolute Gasteiger partial charge is 0.481 e. The summed E-state index contributed by atoms with van der Waals surface area (Å²) in [4.78, 5) is 41.1. The van der Waals surface area contributed by atoms with Gasteiger partial charge in [-0.15, -0.1) is 0 Å². The molecule has 1 aromatic heterocycles. The van der Waals surface area contributed by atoms with E-state index in [4.69, 9.17) is 11.6 Å². The van der Waals surface area contributed by atoms with Gasteiger partial charge in [0, 0.05) is 27.3 Å². The van der Waals surface area contributed by atoms with Crippen LogP contribution in [0.4, 0.5) is 16.2 Å². The summed E-state index contributed by atoms with van der Waals surface area (Å²) >= 11 is 5.93. The van der Waals surface area contributed by atoms with Crippen LogP contribution in [-0.2, 0) is 11.2 Å². The number of nitrogens with zero attached hydrogens (tertiary/aromatic N) is 1. The topological polar surface area (TPSA) is 108 Å². The van der Waals surface area contributed by atoms with E-state index in [9.17, 15) is 19.5 Å². The smallest absolute Gasteiger partial charge is 0.323 e. The first-order valence-electron chi connectivity index (χ1n) is 11.0. The van der Waals surface area contributed by atoms with Crippen LogP contribution in [0.5, 0.6) is 0 Å². The summed E-state index contributed by atoms with van der Waals surface area (Å²) < 4.78 is 0. The number of aliphatic carboxylic acids is 1. The zero-order chi connectivity index (χ0) is 24.3. The van der Waals surface area contributed by atoms with E-state index in [0.29, 0.717) is 46.9 Å². The van der Waals surface area contributed by atoms with E-state index in [1.807, 2.05) is 19.1 Å². The average molecular weight is 478 g/mol. The van der Waals surface area contributed by atoms with Crippen molar-refractivity contribution in [1.82, 2.24) is 4.98 Å². The predicted molar refractivity (Wildman–Crippen MR) is 131 cm³/mol. The Bertz CT molecular complexity index is 1260. The molecular formula is C26H24ClN3O4. The Balaban J connectivity index is 1.47. The van der Waals surface area contributed by atoms with Crippen LogP contribution in [0.15, 0.2) is 60.8 Å². The quantitative estimate of drug-likeness (QED) is 0.400. The van der Waals surface area contributed by atoms with Crippen LogP contribution < -0.4 is 10.6 Å². The number of hydrogen-bond acceptors (Lipinski definition) is 4. The van der Waals surface area contributed by atoms with Gasteiger partial charge in [-0.05, 0) is 61.2 Å². The van der Waals surface area contributed by atoms with Crippen molar-refractivity contribution in [1.29, 1.82) is 0 Å². The van der Waals surface area contributed by atoms with E-state index in [-0.39, 0.29) is 12.2 Å². The van der Waals surface area contributed by atoms with Gasteiger partial charge in [0.05, 0.1) is 24.0 Å². The summed E-state index contributed by atoms with van der Waals surface area (Å²) in [5.41, 5.74) is 3.32. The number of hydrogen-bond donors (Lipinski definition) is 3.